The average Bonchev–Trinajstić information content (AvgIpc) is 2.34. The molecule has 0 saturated carbocycles. The zero-order chi connectivity index (χ0) is 12.0. The van der Waals surface area contributed by atoms with Crippen LogP contribution in [0, 0.1) is 5.41 Å². The van der Waals surface area contributed by atoms with Crippen LogP contribution in [0.15, 0.2) is 33.6 Å². The highest BCUT2D eigenvalue weighted by molar-refractivity contribution is 9.10. The van der Waals surface area contributed by atoms with Crippen molar-refractivity contribution >= 4 is 43.6 Å². The molecule has 0 aliphatic carbocycles. The number of alkyl halides is 1. The minimum absolute atomic E-state index is 0.431. The lowest BCUT2D eigenvalue weighted by molar-refractivity contribution is 0.359. The number of thioether (sulfide) groups is 1. The molecular formula is C13H18Br2S. The fourth-order valence-electron chi connectivity index (χ4n) is 1.47. The van der Waals surface area contributed by atoms with Crippen LogP contribution in [0.1, 0.15) is 26.7 Å². The van der Waals surface area contributed by atoms with Crippen molar-refractivity contribution in [3.63, 3.8) is 0 Å². The number of hydrogen-bond acceptors (Lipinski definition) is 1. The Morgan fingerprint density at radius 3 is 2.31 bits per heavy atom. The van der Waals surface area contributed by atoms with E-state index in [1.54, 1.807) is 0 Å². The van der Waals surface area contributed by atoms with Crippen LogP contribution in [-0.4, -0.2) is 11.1 Å². The van der Waals surface area contributed by atoms with Gasteiger partial charge in [-0.3, -0.25) is 0 Å². The lowest BCUT2D eigenvalue weighted by Crippen LogP contribution is -2.23. The van der Waals surface area contributed by atoms with Crippen LogP contribution in [-0.2, 0) is 0 Å². The summed E-state index contributed by atoms with van der Waals surface area (Å²) in [6.45, 7) is 4.57. The maximum absolute atomic E-state index is 3.66. The summed E-state index contributed by atoms with van der Waals surface area (Å²) in [4.78, 5) is 1.34. The molecule has 0 aliphatic rings. The fourth-order valence-corrected chi connectivity index (χ4v) is 4.71. The van der Waals surface area contributed by atoms with Crippen molar-refractivity contribution in [2.24, 2.45) is 5.41 Å². The first kappa shape index (κ1) is 14.6. The van der Waals surface area contributed by atoms with Crippen molar-refractivity contribution in [3.8, 4) is 0 Å². The Labute approximate surface area is 120 Å². The molecule has 1 aromatic rings. The standard InChI is InChI=1S/C13H18Br2S/c1-3-13(4-2,9-14)10-16-12-8-6-5-7-11(12)15/h5-8H,3-4,9-10H2,1-2H3. The van der Waals surface area contributed by atoms with Gasteiger partial charge in [-0.05, 0) is 46.3 Å². The zero-order valence-electron chi connectivity index (χ0n) is 9.80. The van der Waals surface area contributed by atoms with Gasteiger partial charge in [-0.2, -0.15) is 0 Å². The first-order valence-electron chi connectivity index (χ1n) is 5.60. The Morgan fingerprint density at radius 1 is 1.19 bits per heavy atom. The topological polar surface area (TPSA) is 0 Å². The smallest absolute Gasteiger partial charge is 0.0311 e. The molecule has 0 amide bonds. The third-order valence-corrected chi connectivity index (χ3v) is 6.72. The summed E-state index contributed by atoms with van der Waals surface area (Å²) in [6.07, 6.45) is 2.46. The highest BCUT2D eigenvalue weighted by Crippen LogP contribution is 2.37. The minimum Gasteiger partial charge on any atom is -0.124 e. The van der Waals surface area contributed by atoms with Gasteiger partial charge in [-0.25, -0.2) is 0 Å². The van der Waals surface area contributed by atoms with Gasteiger partial charge in [-0.15, -0.1) is 11.8 Å². The van der Waals surface area contributed by atoms with Crippen molar-refractivity contribution in [1.82, 2.24) is 0 Å². The molecule has 0 fully saturated rings. The van der Waals surface area contributed by atoms with Gasteiger partial charge < -0.3 is 0 Å². The van der Waals surface area contributed by atoms with Crippen LogP contribution in [0.3, 0.4) is 0 Å². The second kappa shape index (κ2) is 7.07. The van der Waals surface area contributed by atoms with E-state index < -0.39 is 0 Å². The largest absolute Gasteiger partial charge is 0.124 e. The zero-order valence-corrected chi connectivity index (χ0v) is 13.8. The third kappa shape index (κ3) is 3.78. The van der Waals surface area contributed by atoms with Crippen molar-refractivity contribution in [3.05, 3.63) is 28.7 Å². The highest BCUT2D eigenvalue weighted by Gasteiger charge is 2.25. The molecule has 90 valence electrons. The molecule has 0 aromatic heterocycles. The van der Waals surface area contributed by atoms with Crippen LogP contribution in [0.2, 0.25) is 0 Å². The minimum atomic E-state index is 0.431. The molecule has 0 aliphatic heterocycles. The molecule has 1 aromatic carbocycles. The maximum Gasteiger partial charge on any atom is 0.0311 e. The molecule has 0 nitrogen and oxygen atoms in total. The molecule has 0 atom stereocenters. The highest BCUT2D eigenvalue weighted by atomic mass is 79.9. The number of rotatable bonds is 6. The molecule has 3 heteroatoms. The summed E-state index contributed by atoms with van der Waals surface area (Å²) in [7, 11) is 0. The number of halogens is 2. The van der Waals surface area contributed by atoms with Gasteiger partial charge in [0.15, 0.2) is 0 Å². The summed E-state index contributed by atoms with van der Waals surface area (Å²) >= 11 is 9.21. The van der Waals surface area contributed by atoms with Crippen LogP contribution in [0.4, 0.5) is 0 Å². The SMILES string of the molecule is CCC(CC)(CBr)CSc1ccccc1Br. The summed E-state index contributed by atoms with van der Waals surface area (Å²) < 4.78 is 1.20. The molecule has 0 radical (unpaired) electrons. The lowest BCUT2D eigenvalue weighted by atomic mass is 9.87. The molecule has 0 unspecified atom stereocenters. The first-order chi connectivity index (χ1) is 7.67. The lowest BCUT2D eigenvalue weighted by Gasteiger charge is -2.29. The second-order valence-electron chi connectivity index (χ2n) is 4.06. The summed E-state index contributed by atoms with van der Waals surface area (Å²) in [5.74, 6) is 1.17. The number of hydrogen-bond donors (Lipinski definition) is 0. The van der Waals surface area contributed by atoms with Gasteiger partial charge in [0.1, 0.15) is 0 Å². The Hall–Kier alpha value is 0.530. The molecular weight excluding hydrogens is 348 g/mol. The Morgan fingerprint density at radius 2 is 1.81 bits per heavy atom. The molecule has 0 N–H and O–H groups in total. The van der Waals surface area contributed by atoms with Crippen LogP contribution in [0.25, 0.3) is 0 Å². The van der Waals surface area contributed by atoms with Gasteiger partial charge in [0, 0.05) is 20.5 Å². The van der Waals surface area contributed by atoms with E-state index in [1.165, 1.54) is 28.0 Å². The normalized spacial score (nSPS) is 11.8. The molecule has 0 bridgehead atoms. The van der Waals surface area contributed by atoms with Gasteiger partial charge in [0.25, 0.3) is 0 Å². The van der Waals surface area contributed by atoms with E-state index in [0.717, 1.165) is 5.33 Å². The van der Waals surface area contributed by atoms with Crippen LogP contribution < -0.4 is 0 Å². The van der Waals surface area contributed by atoms with Crippen molar-refractivity contribution in [1.29, 1.82) is 0 Å². The second-order valence-corrected chi connectivity index (χ2v) is 6.49. The molecule has 0 saturated heterocycles. The van der Waals surface area contributed by atoms with E-state index in [4.69, 9.17) is 0 Å². The van der Waals surface area contributed by atoms with E-state index in [9.17, 15) is 0 Å². The van der Waals surface area contributed by atoms with E-state index in [2.05, 4.69) is 70.0 Å². The molecule has 0 spiro atoms. The number of benzene rings is 1. The van der Waals surface area contributed by atoms with E-state index in [1.807, 2.05) is 11.8 Å². The van der Waals surface area contributed by atoms with Crippen LogP contribution >= 0.6 is 43.6 Å². The van der Waals surface area contributed by atoms with Crippen molar-refractivity contribution in [2.45, 2.75) is 31.6 Å². The first-order valence-corrected chi connectivity index (χ1v) is 8.50. The van der Waals surface area contributed by atoms with Crippen molar-refractivity contribution in [2.75, 3.05) is 11.1 Å². The third-order valence-electron chi connectivity index (χ3n) is 3.15. The van der Waals surface area contributed by atoms with Crippen molar-refractivity contribution < 1.29 is 0 Å². The van der Waals surface area contributed by atoms with Gasteiger partial charge in [-0.1, -0.05) is 41.9 Å². The molecule has 0 heterocycles. The Balaban J connectivity index is 2.66. The van der Waals surface area contributed by atoms with Gasteiger partial charge in [0.2, 0.25) is 0 Å². The average molecular weight is 366 g/mol. The molecule has 16 heavy (non-hydrogen) atoms. The monoisotopic (exact) mass is 364 g/mol. The van der Waals surface area contributed by atoms with Gasteiger partial charge in [0.05, 0.1) is 0 Å². The van der Waals surface area contributed by atoms with Crippen LogP contribution in [0.5, 0.6) is 0 Å². The predicted molar refractivity (Wildman–Crippen MR) is 81.7 cm³/mol. The van der Waals surface area contributed by atoms with E-state index >= 15 is 0 Å². The summed E-state index contributed by atoms with van der Waals surface area (Å²) in [6, 6.07) is 8.45. The molecule has 1 rings (SSSR count). The quantitative estimate of drug-likeness (QED) is 0.457. The van der Waals surface area contributed by atoms with E-state index in [0.29, 0.717) is 5.41 Å². The summed E-state index contributed by atoms with van der Waals surface area (Å²) in [5, 5.41) is 1.09. The fraction of sp³-hybridized carbons (Fsp3) is 0.538. The Kier molecular flexibility index (Phi) is 6.45. The van der Waals surface area contributed by atoms with Gasteiger partial charge >= 0.3 is 0 Å². The Bertz CT molecular complexity index is 313. The predicted octanol–water partition coefficient (Wildman–Crippen LogP) is 5.74. The summed E-state index contributed by atoms with van der Waals surface area (Å²) in [5.41, 5.74) is 0.431. The maximum atomic E-state index is 3.66. The van der Waals surface area contributed by atoms with E-state index in [-0.39, 0.29) is 0 Å².